The molecule has 0 aromatic carbocycles. The van der Waals surface area contributed by atoms with E-state index >= 15 is 0 Å². The minimum atomic E-state index is -0.0842. The second kappa shape index (κ2) is 5.65. The summed E-state index contributed by atoms with van der Waals surface area (Å²) in [6.07, 6.45) is 1.18. The van der Waals surface area contributed by atoms with Gasteiger partial charge in [0, 0.05) is 25.2 Å². The zero-order valence-electron chi connectivity index (χ0n) is 9.95. The summed E-state index contributed by atoms with van der Waals surface area (Å²) in [6, 6.07) is 0.124. The number of nitrogens with one attached hydrogen (secondary N) is 1. The topological polar surface area (TPSA) is 58.6 Å². The van der Waals surface area contributed by atoms with Gasteiger partial charge in [-0.15, -0.1) is 0 Å². The van der Waals surface area contributed by atoms with Gasteiger partial charge in [0.05, 0.1) is 18.8 Å². The molecule has 1 N–H and O–H groups in total. The molecule has 1 aliphatic rings. The maximum atomic E-state index is 12.1. The van der Waals surface area contributed by atoms with E-state index in [1.807, 2.05) is 13.8 Å². The van der Waals surface area contributed by atoms with Crippen LogP contribution in [-0.4, -0.2) is 43.5 Å². The second-order valence-corrected chi connectivity index (χ2v) is 4.03. The lowest BCUT2D eigenvalue weighted by Gasteiger charge is -2.26. The van der Waals surface area contributed by atoms with Gasteiger partial charge in [0.1, 0.15) is 0 Å². The number of amides is 2. The summed E-state index contributed by atoms with van der Waals surface area (Å²) in [7, 11) is 1.74. The molecule has 0 spiro atoms. The molecule has 0 atom stereocenters. The normalized spacial score (nSPS) is 16.2. The molecule has 5 nitrogen and oxygen atoms in total. The van der Waals surface area contributed by atoms with E-state index in [0.29, 0.717) is 30.7 Å². The first-order valence-electron chi connectivity index (χ1n) is 5.35. The monoisotopic (exact) mass is 226 g/mol. The Bertz CT molecular complexity index is 310. The standard InChI is InChI=1S/C11H18N2O3/c1-8(2)13(3)11(15)9-6-16-5-4-10(9)12-7-14/h7-8H,4-6H2,1-3H3,(H,12,14). The Morgan fingerprint density at radius 1 is 1.56 bits per heavy atom. The van der Waals surface area contributed by atoms with Crippen molar-refractivity contribution in [1.29, 1.82) is 0 Å². The fraction of sp³-hybridized carbons (Fsp3) is 0.636. The van der Waals surface area contributed by atoms with Gasteiger partial charge in [0.15, 0.2) is 0 Å². The quantitative estimate of drug-likeness (QED) is 0.700. The number of ether oxygens (including phenoxy) is 1. The highest BCUT2D eigenvalue weighted by molar-refractivity contribution is 5.94. The van der Waals surface area contributed by atoms with E-state index in [1.165, 1.54) is 0 Å². The average molecular weight is 226 g/mol. The van der Waals surface area contributed by atoms with Gasteiger partial charge in [0.2, 0.25) is 6.41 Å². The Kier molecular flexibility index (Phi) is 4.49. The Labute approximate surface area is 95.4 Å². The Hall–Kier alpha value is -1.36. The highest BCUT2D eigenvalue weighted by atomic mass is 16.5. The van der Waals surface area contributed by atoms with Gasteiger partial charge in [-0.1, -0.05) is 0 Å². The summed E-state index contributed by atoms with van der Waals surface area (Å²) < 4.78 is 5.25. The first-order valence-corrected chi connectivity index (χ1v) is 5.35. The number of hydrogen-bond acceptors (Lipinski definition) is 3. The zero-order valence-corrected chi connectivity index (χ0v) is 9.95. The van der Waals surface area contributed by atoms with Crippen molar-refractivity contribution in [2.45, 2.75) is 26.3 Å². The molecule has 1 heterocycles. The van der Waals surface area contributed by atoms with Gasteiger partial charge in [0.25, 0.3) is 5.91 Å². The Morgan fingerprint density at radius 3 is 2.81 bits per heavy atom. The van der Waals surface area contributed by atoms with Crippen LogP contribution < -0.4 is 5.32 Å². The lowest BCUT2D eigenvalue weighted by molar-refractivity contribution is -0.128. The first kappa shape index (κ1) is 12.7. The zero-order chi connectivity index (χ0) is 12.1. The molecule has 1 rings (SSSR count). The van der Waals surface area contributed by atoms with Crippen molar-refractivity contribution in [2.75, 3.05) is 20.3 Å². The molecule has 0 fully saturated rings. The van der Waals surface area contributed by atoms with Crippen molar-refractivity contribution in [1.82, 2.24) is 10.2 Å². The third kappa shape index (κ3) is 2.82. The molecule has 16 heavy (non-hydrogen) atoms. The molecular formula is C11H18N2O3. The van der Waals surface area contributed by atoms with Crippen LogP contribution in [0.2, 0.25) is 0 Å². The summed E-state index contributed by atoms with van der Waals surface area (Å²) in [5.74, 6) is -0.0842. The van der Waals surface area contributed by atoms with Crippen LogP contribution in [0.15, 0.2) is 11.3 Å². The number of hydrogen-bond donors (Lipinski definition) is 1. The third-order valence-corrected chi connectivity index (χ3v) is 2.69. The number of carbonyl (C=O) groups excluding carboxylic acids is 2. The van der Waals surface area contributed by atoms with Crippen molar-refractivity contribution in [3.05, 3.63) is 11.3 Å². The van der Waals surface area contributed by atoms with E-state index in [1.54, 1.807) is 11.9 Å². The first-order chi connectivity index (χ1) is 7.57. The van der Waals surface area contributed by atoms with Crippen LogP contribution in [0.5, 0.6) is 0 Å². The predicted molar refractivity (Wildman–Crippen MR) is 59.6 cm³/mol. The van der Waals surface area contributed by atoms with Crippen LogP contribution in [0, 0.1) is 0 Å². The van der Waals surface area contributed by atoms with Crippen molar-refractivity contribution < 1.29 is 14.3 Å². The third-order valence-electron chi connectivity index (χ3n) is 2.69. The largest absolute Gasteiger partial charge is 0.376 e. The van der Waals surface area contributed by atoms with Crippen molar-refractivity contribution in [2.24, 2.45) is 0 Å². The van der Waals surface area contributed by atoms with E-state index < -0.39 is 0 Å². The molecular weight excluding hydrogens is 208 g/mol. The van der Waals surface area contributed by atoms with Crippen LogP contribution >= 0.6 is 0 Å². The van der Waals surface area contributed by atoms with E-state index in [9.17, 15) is 9.59 Å². The Balaban J connectivity index is 2.88. The van der Waals surface area contributed by atoms with Gasteiger partial charge in [-0.3, -0.25) is 9.59 Å². The van der Waals surface area contributed by atoms with E-state index in [4.69, 9.17) is 4.74 Å². The molecule has 0 saturated carbocycles. The molecule has 5 heteroatoms. The van der Waals surface area contributed by atoms with E-state index in [2.05, 4.69) is 5.32 Å². The number of likely N-dealkylation sites (N-methyl/N-ethyl adjacent to an activating group) is 1. The summed E-state index contributed by atoms with van der Waals surface area (Å²) in [5.41, 5.74) is 1.23. The van der Waals surface area contributed by atoms with Gasteiger partial charge in [-0.05, 0) is 13.8 Å². The lowest BCUT2D eigenvalue weighted by atomic mass is 10.1. The number of nitrogens with zero attached hydrogens (tertiary/aromatic N) is 1. The summed E-state index contributed by atoms with van der Waals surface area (Å²) in [5, 5.41) is 2.58. The molecule has 2 amide bonds. The summed E-state index contributed by atoms with van der Waals surface area (Å²) in [4.78, 5) is 24.1. The highest BCUT2D eigenvalue weighted by Gasteiger charge is 2.23. The SMILES string of the molecule is CC(C)N(C)C(=O)C1=C(NC=O)CCOC1. The van der Waals surface area contributed by atoms with E-state index in [0.717, 1.165) is 0 Å². The van der Waals surface area contributed by atoms with Crippen molar-refractivity contribution in [3.8, 4) is 0 Å². The van der Waals surface area contributed by atoms with Gasteiger partial charge in [-0.25, -0.2) is 0 Å². The fourth-order valence-electron chi connectivity index (χ4n) is 1.46. The summed E-state index contributed by atoms with van der Waals surface area (Å²) >= 11 is 0. The maximum absolute atomic E-state index is 12.1. The number of rotatable bonds is 4. The molecule has 0 radical (unpaired) electrons. The lowest BCUT2D eigenvalue weighted by Crippen LogP contribution is -2.38. The summed E-state index contributed by atoms with van der Waals surface area (Å²) in [6.45, 7) is 4.69. The van der Waals surface area contributed by atoms with Crippen LogP contribution in [0.1, 0.15) is 20.3 Å². The fourth-order valence-corrected chi connectivity index (χ4v) is 1.46. The molecule has 0 aromatic rings. The van der Waals surface area contributed by atoms with E-state index in [-0.39, 0.29) is 18.6 Å². The molecule has 0 bridgehead atoms. The molecule has 0 saturated heterocycles. The van der Waals surface area contributed by atoms with Gasteiger partial charge < -0.3 is 15.0 Å². The van der Waals surface area contributed by atoms with Crippen molar-refractivity contribution >= 4 is 12.3 Å². The minimum absolute atomic E-state index is 0.0842. The van der Waals surface area contributed by atoms with Crippen molar-refractivity contribution in [3.63, 3.8) is 0 Å². The predicted octanol–water partition coefficient (Wildman–Crippen LogP) is 0.274. The van der Waals surface area contributed by atoms with Gasteiger partial charge in [-0.2, -0.15) is 0 Å². The van der Waals surface area contributed by atoms with Crippen LogP contribution in [0.3, 0.4) is 0 Å². The highest BCUT2D eigenvalue weighted by Crippen LogP contribution is 2.15. The average Bonchev–Trinajstić information content (AvgIpc) is 2.28. The molecule has 0 aromatic heterocycles. The van der Waals surface area contributed by atoms with Crippen LogP contribution in [0.25, 0.3) is 0 Å². The number of carbonyl (C=O) groups is 2. The molecule has 1 aliphatic heterocycles. The van der Waals surface area contributed by atoms with Crippen LogP contribution in [0.4, 0.5) is 0 Å². The Morgan fingerprint density at radius 2 is 2.25 bits per heavy atom. The van der Waals surface area contributed by atoms with Crippen LogP contribution in [-0.2, 0) is 14.3 Å². The molecule has 0 aliphatic carbocycles. The second-order valence-electron chi connectivity index (χ2n) is 4.03. The molecule has 90 valence electrons. The van der Waals surface area contributed by atoms with Gasteiger partial charge >= 0.3 is 0 Å². The molecule has 0 unspecified atom stereocenters. The minimum Gasteiger partial charge on any atom is -0.376 e. The maximum Gasteiger partial charge on any atom is 0.253 e. The smallest absolute Gasteiger partial charge is 0.253 e.